The van der Waals surface area contributed by atoms with Crippen molar-refractivity contribution in [3.05, 3.63) is 60.6 Å². The van der Waals surface area contributed by atoms with Gasteiger partial charge in [0.05, 0.1) is 23.3 Å². The van der Waals surface area contributed by atoms with Crippen molar-refractivity contribution in [2.75, 3.05) is 20.3 Å². The van der Waals surface area contributed by atoms with Gasteiger partial charge in [-0.15, -0.1) is 0 Å². The van der Waals surface area contributed by atoms with Gasteiger partial charge in [0, 0.05) is 31.5 Å². The fourth-order valence-electron chi connectivity index (χ4n) is 3.93. The predicted octanol–water partition coefficient (Wildman–Crippen LogP) is 4.36. The summed E-state index contributed by atoms with van der Waals surface area (Å²) in [6.07, 6.45) is 3.90. The first kappa shape index (κ1) is 18.8. The van der Waals surface area contributed by atoms with Gasteiger partial charge in [-0.05, 0) is 67.9 Å². The maximum absolute atomic E-state index is 6.05. The number of benzene rings is 2. The maximum atomic E-state index is 6.05. The fourth-order valence-corrected chi connectivity index (χ4v) is 3.93. The van der Waals surface area contributed by atoms with Crippen LogP contribution in [0.3, 0.4) is 0 Å². The molecule has 0 spiro atoms. The van der Waals surface area contributed by atoms with E-state index >= 15 is 0 Å². The van der Waals surface area contributed by atoms with Crippen LogP contribution < -0.4 is 4.74 Å². The van der Waals surface area contributed by atoms with Gasteiger partial charge in [0.15, 0.2) is 0 Å². The lowest BCUT2D eigenvalue weighted by atomic mass is 10.1. The lowest BCUT2D eigenvalue weighted by Crippen LogP contribution is -2.36. The molecule has 0 saturated carbocycles. The molecule has 7 heteroatoms. The number of imidazole rings is 1. The number of hydrogen-bond donors (Lipinski definition) is 2. The molecular formula is C23H25N5O2. The van der Waals surface area contributed by atoms with Crippen LogP contribution in [0.25, 0.3) is 22.3 Å². The van der Waals surface area contributed by atoms with E-state index in [-0.39, 0.29) is 0 Å². The van der Waals surface area contributed by atoms with Gasteiger partial charge >= 0.3 is 0 Å². The Balaban J connectivity index is 1.28. The summed E-state index contributed by atoms with van der Waals surface area (Å²) in [5.41, 5.74) is 3.99. The molecule has 2 aromatic heterocycles. The molecule has 30 heavy (non-hydrogen) atoms. The van der Waals surface area contributed by atoms with Crippen LogP contribution in [-0.4, -0.2) is 51.4 Å². The highest BCUT2D eigenvalue weighted by Crippen LogP contribution is 2.27. The monoisotopic (exact) mass is 403 g/mol. The minimum atomic E-state index is 0.551. The van der Waals surface area contributed by atoms with Crippen LogP contribution >= 0.6 is 0 Å². The number of ether oxygens (including phenoxy) is 2. The minimum Gasteiger partial charge on any atom is -0.457 e. The molecule has 0 aliphatic carbocycles. The molecule has 0 amide bonds. The standard InChI is InChI=1S/C23H25N5O2/c1-28(17-9-12-29-13-10-17)15-23-25-21-7-6-19(14-22(21)26-23)30-18-4-2-16(3-5-18)20-8-11-24-27-20/h2-8,11,14,17H,9-10,12-13,15H2,1H3,(H,24,27)(H,25,26). The maximum Gasteiger partial charge on any atom is 0.129 e. The number of hydrogen-bond acceptors (Lipinski definition) is 5. The van der Waals surface area contributed by atoms with Crippen molar-refractivity contribution < 1.29 is 9.47 Å². The van der Waals surface area contributed by atoms with Gasteiger partial charge in [0.2, 0.25) is 0 Å². The first-order valence-electron chi connectivity index (χ1n) is 10.3. The average molecular weight is 403 g/mol. The SMILES string of the molecule is CN(Cc1nc2ccc(Oc3ccc(-c4ccn[nH]4)cc3)cc2[nH]1)C1CCOCC1. The Labute approximate surface area is 175 Å². The Kier molecular flexibility index (Phi) is 5.21. The Bertz CT molecular complexity index is 1100. The van der Waals surface area contributed by atoms with Crippen LogP contribution in [0, 0.1) is 0 Å². The van der Waals surface area contributed by atoms with Crippen LogP contribution in [0.1, 0.15) is 18.7 Å². The molecule has 4 aromatic rings. The third-order valence-electron chi connectivity index (χ3n) is 5.62. The number of aromatic amines is 2. The van der Waals surface area contributed by atoms with Gasteiger partial charge in [-0.25, -0.2) is 4.98 Å². The van der Waals surface area contributed by atoms with Crippen molar-refractivity contribution in [2.24, 2.45) is 0 Å². The number of nitrogens with zero attached hydrogens (tertiary/aromatic N) is 3. The van der Waals surface area contributed by atoms with Crippen LogP contribution in [0.15, 0.2) is 54.7 Å². The summed E-state index contributed by atoms with van der Waals surface area (Å²) in [6.45, 7) is 2.49. The molecule has 154 valence electrons. The van der Waals surface area contributed by atoms with Crippen molar-refractivity contribution in [1.29, 1.82) is 0 Å². The van der Waals surface area contributed by atoms with Gasteiger partial charge in [-0.1, -0.05) is 0 Å². The zero-order valence-electron chi connectivity index (χ0n) is 17.0. The van der Waals surface area contributed by atoms with E-state index in [1.54, 1.807) is 6.20 Å². The van der Waals surface area contributed by atoms with E-state index in [0.29, 0.717) is 6.04 Å². The van der Waals surface area contributed by atoms with E-state index in [9.17, 15) is 0 Å². The predicted molar refractivity (Wildman–Crippen MR) is 115 cm³/mol. The van der Waals surface area contributed by atoms with Crippen LogP contribution in [0.2, 0.25) is 0 Å². The third-order valence-corrected chi connectivity index (χ3v) is 5.62. The van der Waals surface area contributed by atoms with E-state index in [0.717, 1.165) is 72.2 Å². The number of H-pyrrole nitrogens is 2. The Morgan fingerprint density at radius 3 is 2.63 bits per heavy atom. The first-order chi connectivity index (χ1) is 14.7. The van der Waals surface area contributed by atoms with E-state index in [4.69, 9.17) is 14.5 Å². The normalized spacial score (nSPS) is 15.1. The number of aromatic nitrogens is 4. The third kappa shape index (κ3) is 4.08. The second-order valence-electron chi connectivity index (χ2n) is 7.72. The van der Waals surface area contributed by atoms with E-state index in [1.165, 1.54) is 0 Å². The molecule has 2 N–H and O–H groups in total. The Morgan fingerprint density at radius 2 is 1.87 bits per heavy atom. The van der Waals surface area contributed by atoms with Gasteiger partial charge in [0.25, 0.3) is 0 Å². The van der Waals surface area contributed by atoms with E-state index in [1.807, 2.05) is 48.5 Å². The molecule has 1 aliphatic heterocycles. The highest BCUT2D eigenvalue weighted by molar-refractivity contribution is 5.77. The quantitative estimate of drug-likeness (QED) is 0.500. The summed E-state index contributed by atoms with van der Waals surface area (Å²) in [7, 11) is 2.16. The lowest BCUT2D eigenvalue weighted by Gasteiger charge is -2.30. The minimum absolute atomic E-state index is 0.551. The zero-order chi connectivity index (χ0) is 20.3. The highest BCUT2D eigenvalue weighted by Gasteiger charge is 2.19. The van der Waals surface area contributed by atoms with Crippen molar-refractivity contribution in [2.45, 2.75) is 25.4 Å². The first-order valence-corrected chi connectivity index (χ1v) is 10.3. The van der Waals surface area contributed by atoms with Gasteiger partial charge in [-0.3, -0.25) is 10.00 Å². The van der Waals surface area contributed by atoms with Crippen LogP contribution in [0.5, 0.6) is 11.5 Å². The summed E-state index contributed by atoms with van der Waals surface area (Å²) in [6, 6.07) is 16.4. The molecule has 7 nitrogen and oxygen atoms in total. The van der Waals surface area contributed by atoms with E-state index in [2.05, 4.69) is 27.1 Å². The Morgan fingerprint density at radius 1 is 1.07 bits per heavy atom. The second-order valence-corrected chi connectivity index (χ2v) is 7.72. The number of nitrogens with one attached hydrogen (secondary N) is 2. The fraction of sp³-hybridized carbons (Fsp3) is 0.304. The Hall–Kier alpha value is -3.16. The van der Waals surface area contributed by atoms with Crippen LogP contribution in [0.4, 0.5) is 0 Å². The molecule has 0 atom stereocenters. The smallest absolute Gasteiger partial charge is 0.129 e. The molecule has 0 radical (unpaired) electrons. The highest BCUT2D eigenvalue weighted by atomic mass is 16.5. The average Bonchev–Trinajstić information content (AvgIpc) is 3.44. The lowest BCUT2D eigenvalue weighted by molar-refractivity contribution is 0.0400. The topological polar surface area (TPSA) is 79.1 Å². The molecule has 2 aromatic carbocycles. The summed E-state index contributed by atoms with van der Waals surface area (Å²) in [4.78, 5) is 10.5. The largest absolute Gasteiger partial charge is 0.457 e. The van der Waals surface area contributed by atoms with E-state index < -0.39 is 0 Å². The van der Waals surface area contributed by atoms with Gasteiger partial charge in [-0.2, -0.15) is 5.10 Å². The summed E-state index contributed by atoms with van der Waals surface area (Å²) < 4.78 is 11.5. The molecule has 3 heterocycles. The van der Waals surface area contributed by atoms with Crippen LogP contribution in [-0.2, 0) is 11.3 Å². The summed E-state index contributed by atoms with van der Waals surface area (Å²) in [5.74, 6) is 2.54. The van der Waals surface area contributed by atoms with Crippen molar-refractivity contribution in [1.82, 2.24) is 25.1 Å². The number of rotatable bonds is 6. The van der Waals surface area contributed by atoms with Gasteiger partial charge in [0.1, 0.15) is 17.3 Å². The molecule has 1 saturated heterocycles. The molecular weight excluding hydrogens is 378 g/mol. The zero-order valence-corrected chi connectivity index (χ0v) is 17.0. The number of fused-ring (bicyclic) bond motifs is 1. The molecule has 5 rings (SSSR count). The van der Waals surface area contributed by atoms with Gasteiger partial charge < -0.3 is 14.5 Å². The van der Waals surface area contributed by atoms with Crippen molar-refractivity contribution >= 4 is 11.0 Å². The van der Waals surface area contributed by atoms with Crippen molar-refractivity contribution in [3.63, 3.8) is 0 Å². The molecule has 1 fully saturated rings. The van der Waals surface area contributed by atoms with Crippen molar-refractivity contribution in [3.8, 4) is 22.8 Å². The summed E-state index contributed by atoms with van der Waals surface area (Å²) in [5, 5.41) is 6.96. The molecule has 0 unspecified atom stereocenters. The molecule has 1 aliphatic rings. The summed E-state index contributed by atoms with van der Waals surface area (Å²) >= 11 is 0. The second kappa shape index (κ2) is 8.30. The molecule has 0 bridgehead atoms.